The van der Waals surface area contributed by atoms with E-state index in [-0.39, 0.29) is 16.9 Å². The van der Waals surface area contributed by atoms with E-state index in [4.69, 9.17) is 0 Å². The van der Waals surface area contributed by atoms with Crippen LogP contribution in [-0.2, 0) is 19.1 Å². The number of pyridine rings is 2. The predicted molar refractivity (Wildman–Crippen MR) is 76.9 cm³/mol. The van der Waals surface area contributed by atoms with Crippen molar-refractivity contribution >= 4 is 0 Å². The minimum absolute atomic E-state index is 0.166. The second-order valence-corrected chi connectivity index (χ2v) is 4.97. The van der Waals surface area contributed by atoms with Crippen molar-refractivity contribution in [2.24, 2.45) is 0 Å². The van der Waals surface area contributed by atoms with Gasteiger partial charge in [0.15, 0.2) is 0 Å². The zero-order chi connectivity index (χ0) is 17.2. The summed E-state index contributed by atoms with van der Waals surface area (Å²) in [5.41, 5.74) is 0.827. The van der Waals surface area contributed by atoms with Crippen molar-refractivity contribution in [3.05, 3.63) is 64.7 Å². The third kappa shape index (κ3) is 3.50. The van der Waals surface area contributed by atoms with Crippen molar-refractivity contribution in [1.82, 2.24) is 19.7 Å². The molecule has 0 atom stereocenters. The highest BCUT2D eigenvalue weighted by Crippen LogP contribution is 2.28. The van der Waals surface area contributed by atoms with Crippen LogP contribution in [0.5, 0.6) is 0 Å². The number of hydrogen-bond donors (Lipinski definition) is 0. The van der Waals surface area contributed by atoms with Gasteiger partial charge in [-0.15, -0.1) is 0 Å². The Hall–Kier alpha value is -2.97. The Balaban J connectivity index is 1.77. The highest BCUT2D eigenvalue weighted by molar-refractivity contribution is 5.52. The van der Waals surface area contributed by atoms with Crippen LogP contribution in [0.25, 0.3) is 11.4 Å². The Morgan fingerprint density at radius 2 is 1.92 bits per heavy atom. The maximum atomic E-state index is 12.5. The second kappa shape index (κ2) is 6.26. The predicted octanol–water partition coefficient (Wildman–Crippen LogP) is 2.55. The summed E-state index contributed by atoms with van der Waals surface area (Å²) in [5, 5.41) is 3.26. The molecule has 0 amide bonds. The zero-order valence-corrected chi connectivity index (χ0v) is 12.2. The molecular weight excluding hydrogens is 325 g/mol. The molecule has 0 aliphatic heterocycles. The molecule has 24 heavy (non-hydrogen) atoms. The lowest BCUT2D eigenvalue weighted by atomic mass is 10.2. The van der Waals surface area contributed by atoms with Crippen molar-refractivity contribution in [1.29, 1.82) is 0 Å². The first-order chi connectivity index (χ1) is 11.4. The fourth-order valence-corrected chi connectivity index (χ4v) is 2.09. The van der Waals surface area contributed by atoms with E-state index in [0.29, 0.717) is 13.0 Å². The maximum Gasteiger partial charge on any atom is 0.471 e. The topological polar surface area (TPSA) is 73.8 Å². The molecule has 0 saturated heterocycles. The minimum atomic E-state index is -4.72. The fourth-order valence-electron chi connectivity index (χ4n) is 2.09. The lowest BCUT2D eigenvalue weighted by molar-refractivity contribution is -0.159. The average molecular weight is 336 g/mol. The average Bonchev–Trinajstić information content (AvgIpc) is 3.05. The minimum Gasteiger partial charge on any atom is -0.329 e. The van der Waals surface area contributed by atoms with Gasteiger partial charge in [-0.2, -0.15) is 18.2 Å². The summed E-state index contributed by atoms with van der Waals surface area (Å²) >= 11 is 0. The van der Waals surface area contributed by atoms with Crippen LogP contribution in [0.4, 0.5) is 13.2 Å². The van der Waals surface area contributed by atoms with Crippen LogP contribution in [0.1, 0.15) is 11.5 Å². The Labute approximate surface area is 133 Å². The van der Waals surface area contributed by atoms with Crippen LogP contribution in [0.15, 0.2) is 52.2 Å². The first-order valence-electron chi connectivity index (χ1n) is 6.94. The molecule has 0 unspecified atom stereocenters. The van der Waals surface area contributed by atoms with E-state index in [0.717, 1.165) is 5.56 Å². The summed E-state index contributed by atoms with van der Waals surface area (Å²) in [6.45, 7) is 0.434. The number of aromatic nitrogens is 4. The molecule has 6 nitrogen and oxygen atoms in total. The molecule has 0 fully saturated rings. The molecule has 3 heterocycles. The van der Waals surface area contributed by atoms with Gasteiger partial charge in [0.1, 0.15) is 0 Å². The summed E-state index contributed by atoms with van der Waals surface area (Å²) in [5.74, 6) is -1.72. The third-order valence-corrected chi connectivity index (χ3v) is 3.31. The Bertz CT molecular complexity index is 887. The molecule has 0 aromatic carbocycles. The molecule has 0 bridgehead atoms. The van der Waals surface area contributed by atoms with E-state index >= 15 is 0 Å². The van der Waals surface area contributed by atoms with Crippen molar-refractivity contribution in [3.8, 4) is 11.4 Å². The molecule has 0 aliphatic rings. The van der Waals surface area contributed by atoms with Gasteiger partial charge < -0.3 is 9.09 Å². The SMILES string of the molecule is O=c1cc(-c2noc(C(F)(F)F)n2)ccn1CCc1ccncc1. The first kappa shape index (κ1) is 15.9. The number of rotatable bonds is 4. The molecule has 9 heteroatoms. The van der Waals surface area contributed by atoms with Crippen molar-refractivity contribution in [2.45, 2.75) is 19.1 Å². The van der Waals surface area contributed by atoms with Gasteiger partial charge in [-0.05, 0) is 30.2 Å². The van der Waals surface area contributed by atoms with Crippen LogP contribution < -0.4 is 5.56 Å². The van der Waals surface area contributed by atoms with Crippen LogP contribution in [0.3, 0.4) is 0 Å². The number of halogens is 3. The van der Waals surface area contributed by atoms with Crippen molar-refractivity contribution in [2.75, 3.05) is 0 Å². The number of nitrogens with zero attached hydrogens (tertiary/aromatic N) is 4. The molecular formula is C15H11F3N4O2. The molecule has 0 spiro atoms. The lowest BCUT2D eigenvalue weighted by Crippen LogP contribution is -2.19. The molecule has 124 valence electrons. The normalized spacial score (nSPS) is 11.6. The Kier molecular flexibility index (Phi) is 4.15. The van der Waals surface area contributed by atoms with E-state index < -0.39 is 12.1 Å². The zero-order valence-electron chi connectivity index (χ0n) is 12.2. The standard InChI is InChI=1S/C15H11F3N4O2/c16-15(17,18)14-20-13(21-24-14)11-4-8-22(12(23)9-11)7-3-10-1-5-19-6-2-10/h1-2,4-6,8-9H,3,7H2. The number of alkyl halides is 3. The van der Waals surface area contributed by atoms with Crippen LogP contribution >= 0.6 is 0 Å². The summed E-state index contributed by atoms with van der Waals surface area (Å²) in [7, 11) is 0. The quantitative estimate of drug-likeness (QED) is 0.732. The van der Waals surface area contributed by atoms with E-state index in [1.54, 1.807) is 12.4 Å². The summed E-state index contributed by atoms with van der Waals surface area (Å²) in [6.07, 6.45) is 0.723. The Morgan fingerprint density at radius 1 is 1.17 bits per heavy atom. The summed E-state index contributed by atoms with van der Waals surface area (Å²) < 4.78 is 43.0. The van der Waals surface area contributed by atoms with Gasteiger partial charge >= 0.3 is 12.1 Å². The van der Waals surface area contributed by atoms with E-state index in [9.17, 15) is 18.0 Å². The van der Waals surface area contributed by atoms with Crippen LogP contribution in [0.2, 0.25) is 0 Å². The van der Waals surface area contributed by atoms with E-state index in [1.807, 2.05) is 12.1 Å². The highest BCUT2D eigenvalue weighted by Gasteiger charge is 2.38. The van der Waals surface area contributed by atoms with Crippen molar-refractivity contribution in [3.63, 3.8) is 0 Å². The van der Waals surface area contributed by atoms with Gasteiger partial charge in [-0.3, -0.25) is 9.78 Å². The lowest BCUT2D eigenvalue weighted by Gasteiger charge is -2.06. The van der Waals surface area contributed by atoms with Gasteiger partial charge in [0.25, 0.3) is 5.56 Å². The van der Waals surface area contributed by atoms with Gasteiger partial charge in [-0.25, -0.2) is 0 Å². The number of aryl methyl sites for hydroxylation is 2. The van der Waals surface area contributed by atoms with Crippen molar-refractivity contribution < 1.29 is 17.7 Å². The van der Waals surface area contributed by atoms with E-state index in [1.165, 1.54) is 22.9 Å². The summed E-state index contributed by atoms with van der Waals surface area (Å²) in [4.78, 5) is 19.2. The maximum absolute atomic E-state index is 12.5. The van der Waals surface area contributed by atoms with Gasteiger partial charge in [0.05, 0.1) is 0 Å². The van der Waals surface area contributed by atoms with E-state index in [2.05, 4.69) is 19.6 Å². The second-order valence-electron chi connectivity index (χ2n) is 4.97. The summed E-state index contributed by atoms with van der Waals surface area (Å²) in [6, 6.07) is 6.34. The fraction of sp³-hybridized carbons (Fsp3) is 0.200. The first-order valence-corrected chi connectivity index (χ1v) is 6.94. The molecule has 0 N–H and O–H groups in total. The Morgan fingerprint density at radius 3 is 2.54 bits per heavy atom. The monoisotopic (exact) mass is 336 g/mol. The van der Waals surface area contributed by atoms with Crippen LogP contribution in [-0.4, -0.2) is 19.7 Å². The van der Waals surface area contributed by atoms with Gasteiger partial charge in [0.2, 0.25) is 5.82 Å². The third-order valence-electron chi connectivity index (χ3n) is 3.31. The largest absolute Gasteiger partial charge is 0.471 e. The molecule has 0 aliphatic carbocycles. The van der Waals surface area contributed by atoms with Gasteiger partial charge in [-0.1, -0.05) is 5.16 Å². The molecule has 0 radical (unpaired) electrons. The molecule has 3 aromatic heterocycles. The number of hydrogen-bond acceptors (Lipinski definition) is 5. The highest BCUT2D eigenvalue weighted by atomic mass is 19.4. The van der Waals surface area contributed by atoms with Crippen LogP contribution in [0, 0.1) is 0 Å². The smallest absolute Gasteiger partial charge is 0.329 e. The van der Waals surface area contributed by atoms with Gasteiger partial charge in [0, 0.05) is 36.8 Å². The molecule has 3 rings (SSSR count). The molecule has 3 aromatic rings. The molecule has 0 saturated carbocycles.